The number of carbonyl (C=O) groups is 1. The molecule has 4 N–H and O–H groups in total. The second kappa shape index (κ2) is 5.25. The Balaban J connectivity index is 1.97. The summed E-state index contributed by atoms with van der Waals surface area (Å²) in [5.41, 5.74) is 5.53. The van der Waals surface area contributed by atoms with E-state index in [0.29, 0.717) is 6.54 Å². The standard InChI is InChI=1S/C13H17FN2O2/c14-10-7-11(15)9(13(17)18)6-12(10)16-5-1-2-8-3-4-8/h6-8,16H,1-5,15H2,(H,17,18). The number of nitrogens with two attached hydrogens (primary N) is 1. The summed E-state index contributed by atoms with van der Waals surface area (Å²) in [6.45, 7) is 0.649. The van der Waals surface area contributed by atoms with Crippen LogP contribution in [0.4, 0.5) is 15.8 Å². The molecule has 1 fully saturated rings. The third-order valence-corrected chi connectivity index (χ3v) is 3.17. The molecule has 0 radical (unpaired) electrons. The molecule has 1 aromatic carbocycles. The maximum Gasteiger partial charge on any atom is 0.337 e. The molecule has 0 amide bonds. The summed E-state index contributed by atoms with van der Waals surface area (Å²) in [6, 6.07) is 2.30. The first-order valence-electron chi connectivity index (χ1n) is 6.14. The summed E-state index contributed by atoms with van der Waals surface area (Å²) in [7, 11) is 0. The molecule has 4 nitrogen and oxygen atoms in total. The first kappa shape index (κ1) is 12.7. The molecule has 98 valence electrons. The molecule has 0 bridgehead atoms. The van der Waals surface area contributed by atoms with E-state index in [9.17, 15) is 9.18 Å². The molecule has 1 saturated carbocycles. The minimum absolute atomic E-state index is 0.0523. The average molecular weight is 252 g/mol. The van der Waals surface area contributed by atoms with Crippen molar-refractivity contribution in [1.29, 1.82) is 0 Å². The Kier molecular flexibility index (Phi) is 3.69. The Morgan fingerprint density at radius 3 is 2.83 bits per heavy atom. The van der Waals surface area contributed by atoms with Gasteiger partial charge in [0.05, 0.1) is 11.3 Å². The number of hydrogen-bond donors (Lipinski definition) is 3. The molecule has 0 saturated heterocycles. The molecule has 0 spiro atoms. The molecular formula is C13H17FN2O2. The van der Waals surface area contributed by atoms with Gasteiger partial charge in [-0.3, -0.25) is 0 Å². The first-order valence-corrected chi connectivity index (χ1v) is 6.14. The summed E-state index contributed by atoms with van der Waals surface area (Å²) in [5, 5.41) is 11.8. The number of carboxylic acids is 1. The van der Waals surface area contributed by atoms with Crippen LogP contribution in [0.1, 0.15) is 36.0 Å². The predicted octanol–water partition coefficient (Wildman–Crippen LogP) is 2.71. The molecule has 1 aliphatic carbocycles. The van der Waals surface area contributed by atoms with Gasteiger partial charge < -0.3 is 16.2 Å². The van der Waals surface area contributed by atoms with Crippen LogP contribution in [0.2, 0.25) is 0 Å². The van der Waals surface area contributed by atoms with Gasteiger partial charge in [-0.2, -0.15) is 0 Å². The van der Waals surface area contributed by atoms with Crippen LogP contribution in [0.5, 0.6) is 0 Å². The number of nitrogens with one attached hydrogen (secondary N) is 1. The zero-order chi connectivity index (χ0) is 13.1. The Bertz CT molecular complexity index is 459. The fourth-order valence-electron chi connectivity index (χ4n) is 1.93. The van der Waals surface area contributed by atoms with E-state index in [1.165, 1.54) is 18.9 Å². The van der Waals surface area contributed by atoms with Crippen LogP contribution in [-0.2, 0) is 0 Å². The topological polar surface area (TPSA) is 75.3 Å². The van der Waals surface area contributed by atoms with E-state index in [4.69, 9.17) is 10.8 Å². The van der Waals surface area contributed by atoms with Gasteiger partial charge in [-0.15, -0.1) is 0 Å². The SMILES string of the molecule is Nc1cc(F)c(NCCCC2CC2)cc1C(=O)O. The second-order valence-corrected chi connectivity index (χ2v) is 4.74. The van der Waals surface area contributed by atoms with Crippen LogP contribution in [0.3, 0.4) is 0 Å². The number of carboxylic acid groups (broad SMARTS) is 1. The van der Waals surface area contributed by atoms with Gasteiger partial charge in [-0.1, -0.05) is 12.8 Å². The van der Waals surface area contributed by atoms with Crippen LogP contribution < -0.4 is 11.1 Å². The number of rotatable bonds is 6. The lowest BCUT2D eigenvalue weighted by Crippen LogP contribution is -2.08. The molecule has 1 aromatic rings. The lowest BCUT2D eigenvalue weighted by Gasteiger charge is -2.10. The van der Waals surface area contributed by atoms with Crippen molar-refractivity contribution in [2.75, 3.05) is 17.6 Å². The second-order valence-electron chi connectivity index (χ2n) is 4.74. The first-order chi connectivity index (χ1) is 8.58. The fraction of sp³-hybridized carbons (Fsp3) is 0.462. The van der Waals surface area contributed by atoms with Gasteiger partial charge >= 0.3 is 5.97 Å². The van der Waals surface area contributed by atoms with Gasteiger partial charge in [0.15, 0.2) is 0 Å². The molecule has 18 heavy (non-hydrogen) atoms. The monoisotopic (exact) mass is 252 g/mol. The zero-order valence-electron chi connectivity index (χ0n) is 10.1. The van der Waals surface area contributed by atoms with E-state index in [1.807, 2.05) is 0 Å². The number of benzene rings is 1. The van der Waals surface area contributed by atoms with Gasteiger partial charge in [0.1, 0.15) is 5.82 Å². The summed E-state index contributed by atoms with van der Waals surface area (Å²) in [5.74, 6) is -0.810. The van der Waals surface area contributed by atoms with Crippen LogP contribution >= 0.6 is 0 Å². The lowest BCUT2D eigenvalue weighted by atomic mass is 10.1. The van der Waals surface area contributed by atoms with E-state index < -0.39 is 11.8 Å². The van der Waals surface area contributed by atoms with Gasteiger partial charge in [0, 0.05) is 12.2 Å². The average Bonchev–Trinajstić information content (AvgIpc) is 3.10. The Hall–Kier alpha value is -1.78. The van der Waals surface area contributed by atoms with Crippen molar-refractivity contribution in [2.24, 2.45) is 5.92 Å². The molecule has 5 heteroatoms. The number of halogens is 1. The number of aromatic carboxylic acids is 1. The number of nitrogen functional groups attached to an aromatic ring is 1. The third-order valence-electron chi connectivity index (χ3n) is 3.17. The van der Waals surface area contributed by atoms with Crippen LogP contribution in [0.15, 0.2) is 12.1 Å². The minimum Gasteiger partial charge on any atom is -0.478 e. The van der Waals surface area contributed by atoms with Gasteiger partial charge in [-0.05, 0) is 30.9 Å². The highest BCUT2D eigenvalue weighted by Crippen LogP contribution is 2.33. The normalized spacial score (nSPS) is 14.5. The lowest BCUT2D eigenvalue weighted by molar-refractivity contribution is 0.0698. The van der Waals surface area contributed by atoms with E-state index in [0.717, 1.165) is 24.8 Å². The molecule has 0 atom stereocenters. The van der Waals surface area contributed by atoms with Gasteiger partial charge in [0.2, 0.25) is 0 Å². The van der Waals surface area contributed by atoms with Gasteiger partial charge in [0.25, 0.3) is 0 Å². The van der Waals surface area contributed by atoms with Crippen LogP contribution in [0, 0.1) is 11.7 Å². The summed E-state index contributed by atoms with van der Waals surface area (Å²) in [4.78, 5) is 10.9. The zero-order valence-corrected chi connectivity index (χ0v) is 10.1. The van der Waals surface area contributed by atoms with Crippen molar-refractivity contribution in [3.05, 3.63) is 23.5 Å². The molecule has 0 aromatic heterocycles. The largest absolute Gasteiger partial charge is 0.478 e. The fourth-order valence-corrected chi connectivity index (χ4v) is 1.93. The van der Waals surface area contributed by atoms with E-state index in [-0.39, 0.29) is 16.9 Å². The number of hydrogen-bond acceptors (Lipinski definition) is 3. The highest BCUT2D eigenvalue weighted by molar-refractivity contribution is 5.94. The van der Waals surface area contributed by atoms with Crippen molar-refractivity contribution in [3.63, 3.8) is 0 Å². The molecule has 0 aliphatic heterocycles. The van der Waals surface area contributed by atoms with Crippen molar-refractivity contribution in [1.82, 2.24) is 0 Å². The summed E-state index contributed by atoms with van der Waals surface area (Å²) >= 11 is 0. The smallest absolute Gasteiger partial charge is 0.337 e. The van der Waals surface area contributed by atoms with E-state index >= 15 is 0 Å². The van der Waals surface area contributed by atoms with Crippen molar-refractivity contribution in [3.8, 4) is 0 Å². The Morgan fingerprint density at radius 2 is 2.22 bits per heavy atom. The highest BCUT2D eigenvalue weighted by Gasteiger charge is 2.20. The maximum absolute atomic E-state index is 13.6. The van der Waals surface area contributed by atoms with Crippen molar-refractivity contribution >= 4 is 17.3 Å². The van der Waals surface area contributed by atoms with Crippen LogP contribution in [-0.4, -0.2) is 17.6 Å². The predicted molar refractivity (Wildman–Crippen MR) is 68.2 cm³/mol. The summed E-state index contributed by atoms with van der Waals surface area (Å²) < 4.78 is 13.6. The molecule has 1 aliphatic rings. The van der Waals surface area contributed by atoms with Gasteiger partial charge in [-0.25, -0.2) is 9.18 Å². The Labute approximate surface area is 105 Å². The minimum atomic E-state index is -1.14. The molecular weight excluding hydrogens is 235 g/mol. The quantitative estimate of drug-likeness (QED) is 0.537. The van der Waals surface area contributed by atoms with Crippen molar-refractivity contribution < 1.29 is 14.3 Å². The van der Waals surface area contributed by atoms with E-state index in [2.05, 4.69) is 5.32 Å². The molecule has 0 unspecified atom stereocenters. The molecule has 2 rings (SSSR count). The van der Waals surface area contributed by atoms with E-state index in [1.54, 1.807) is 0 Å². The molecule has 0 heterocycles. The summed E-state index contributed by atoms with van der Waals surface area (Å²) in [6.07, 6.45) is 4.73. The van der Waals surface area contributed by atoms with Crippen LogP contribution in [0.25, 0.3) is 0 Å². The highest BCUT2D eigenvalue weighted by atomic mass is 19.1. The van der Waals surface area contributed by atoms with Crippen molar-refractivity contribution in [2.45, 2.75) is 25.7 Å². The maximum atomic E-state index is 13.6. The number of anilines is 2. The third kappa shape index (κ3) is 3.12. The Morgan fingerprint density at radius 1 is 1.50 bits per heavy atom.